The van der Waals surface area contributed by atoms with E-state index in [0.29, 0.717) is 11.4 Å². The highest BCUT2D eigenvalue weighted by Crippen LogP contribution is 2.29. The van der Waals surface area contributed by atoms with E-state index in [1.165, 1.54) is 12.6 Å². The Balaban J connectivity index is 2.47. The Morgan fingerprint density at radius 1 is 1.39 bits per heavy atom. The van der Waals surface area contributed by atoms with Gasteiger partial charge >= 0.3 is 0 Å². The Morgan fingerprint density at radius 3 is 2.83 bits per heavy atom. The number of hydrogen-bond acceptors (Lipinski definition) is 4. The molecular weight excluding hydrogens is 252 g/mol. The van der Waals surface area contributed by atoms with Gasteiger partial charge in [-0.3, -0.25) is 0 Å². The number of aromatic nitrogens is 1. The molecule has 0 fully saturated rings. The zero-order valence-electron chi connectivity index (χ0n) is 9.38. The van der Waals surface area contributed by atoms with Crippen molar-refractivity contribution in [1.29, 1.82) is 0 Å². The molecule has 92 valence electrons. The zero-order chi connectivity index (χ0) is 13.0. The number of rotatable bonds is 3. The molecule has 1 aromatic carbocycles. The molecule has 0 saturated carbocycles. The van der Waals surface area contributed by atoms with Gasteiger partial charge in [-0.2, -0.15) is 0 Å². The van der Waals surface area contributed by atoms with Gasteiger partial charge < -0.3 is 15.9 Å². The number of oxazole rings is 1. The second kappa shape index (κ2) is 5.37. The number of halogens is 1. The molecular formula is C12H11ClN4O. The first-order valence-corrected chi connectivity index (χ1v) is 5.50. The SMILES string of the molecule is N/C=C(/Cl)C(N)=Nc1ccccc1-c1cnco1. The molecule has 2 rings (SSSR count). The first-order chi connectivity index (χ1) is 8.72. The van der Waals surface area contributed by atoms with E-state index in [-0.39, 0.29) is 10.9 Å². The number of benzene rings is 1. The van der Waals surface area contributed by atoms with Crippen LogP contribution in [-0.2, 0) is 0 Å². The fourth-order valence-corrected chi connectivity index (χ4v) is 1.44. The van der Waals surface area contributed by atoms with Gasteiger partial charge in [0.25, 0.3) is 0 Å². The van der Waals surface area contributed by atoms with E-state index in [9.17, 15) is 0 Å². The zero-order valence-corrected chi connectivity index (χ0v) is 10.1. The van der Waals surface area contributed by atoms with Crippen LogP contribution < -0.4 is 11.5 Å². The van der Waals surface area contributed by atoms with E-state index in [4.69, 9.17) is 27.5 Å². The lowest BCUT2D eigenvalue weighted by atomic mass is 10.1. The maximum Gasteiger partial charge on any atom is 0.181 e. The molecule has 0 aliphatic heterocycles. The van der Waals surface area contributed by atoms with Gasteiger partial charge in [0.05, 0.1) is 16.9 Å². The molecule has 0 bridgehead atoms. The van der Waals surface area contributed by atoms with Crippen molar-refractivity contribution in [3.63, 3.8) is 0 Å². The standard InChI is InChI=1S/C12H11ClN4O/c13-9(5-14)12(15)17-10-4-2-1-3-8(10)11-6-16-7-18-11/h1-7H,14H2,(H2,15,17)/b9-5+. The number of para-hydroxylation sites is 1. The molecule has 4 N–H and O–H groups in total. The molecule has 5 nitrogen and oxygen atoms in total. The van der Waals surface area contributed by atoms with Crippen molar-refractivity contribution in [2.75, 3.05) is 0 Å². The lowest BCUT2D eigenvalue weighted by Crippen LogP contribution is -2.12. The third kappa shape index (κ3) is 2.52. The van der Waals surface area contributed by atoms with Crippen LogP contribution in [0.25, 0.3) is 11.3 Å². The second-order valence-corrected chi connectivity index (χ2v) is 3.80. The molecule has 0 radical (unpaired) electrons. The van der Waals surface area contributed by atoms with Crippen LogP contribution in [0, 0.1) is 0 Å². The molecule has 2 aromatic rings. The molecule has 0 aliphatic rings. The molecule has 6 heteroatoms. The van der Waals surface area contributed by atoms with E-state index in [0.717, 1.165) is 5.56 Å². The predicted octanol–water partition coefficient (Wildman–Crippen LogP) is 2.37. The predicted molar refractivity (Wildman–Crippen MR) is 71.3 cm³/mol. The van der Waals surface area contributed by atoms with E-state index < -0.39 is 0 Å². The highest BCUT2D eigenvalue weighted by Gasteiger charge is 2.08. The third-order valence-electron chi connectivity index (χ3n) is 2.23. The summed E-state index contributed by atoms with van der Waals surface area (Å²) in [4.78, 5) is 8.08. The second-order valence-electron chi connectivity index (χ2n) is 3.39. The van der Waals surface area contributed by atoms with E-state index >= 15 is 0 Å². The highest BCUT2D eigenvalue weighted by atomic mass is 35.5. The van der Waals surface area contributed by atoms with Gasteiger partial charge in [0.15, 0.2) is 12.2 Å². The topological polar surface area (TPSA) is 90.4 Å². The van der Waals surface area contributed by atoms with Crippen molar-refractivity contribution in [1.82, 2.24) is 4.98 Å². The summed E-state index contributed by atoms with van der Waals surface area (Å²) in [7, 11) is 0. The Bertz CT molecular complexity index is 590. The van der Waals surface area contributed by atoms with Crippen molar-refractivity contribution < 1.29 is 4.42 Å². The number of nitrogens with two attached hydrogens (primary N) is 2. The minimum atomic E-state index is 0.145. The van der Waals surface area contributed by atoms with Gasteiger partial charge in [0, 0.05) is 11.8 Å². The fourth-order valence-electron chi connectivity index (χ4n) is 1.40. The van der Waals surface area contributed by atoms with Crippen LogP contribution in [0.4, 0.5) is 5.69 Å². The minimum absolute atomic E-state index is 0.145. The van der Waals surface area contributed by atoms with Crippen molar-refractivity contribution in [2.45, 2.75) is 0 Å². The van der Waals surface area contributed by atoms with Crippen molar-refractivity contribution >= 4 is 23.1 Å². The molecule has 1 heterocycles. The Kier molecular flexibility index (Phi) is 3.64. The molecule has 0 aliphatic carbocycles. The summed E-state index contributed by atoms with van der Waals surface area (Å²) >= 11 is 5.79. The molecule has 1 aromatic heterocycles. The van der Waals surface area contributed by atoms with Crippen LogP contribution in [0.5, 0.6) is 0 Å². The first kappa shape index (κ1) is 12.2. The van der Waals surface area contributed by atoms with E-state index in [2.05, 4.69) is 9.98 Å². The van der Waals surface area contributed by atoms with E-state index in [1.54, 1.807) is 12.3 Å². The summed E-state index contributed by atoms with van der Waals surface area (Å²) in [5.41, 5.74) is 12.4. The summed E-state index contributed by atoms with van der Waals surface area (Å²) in [6.07, 6.45) is 4.15. The highest BCUT2D eigenvalue weighted by molar-refractivity contribution is 6.43. The van der Waals surface area contributed by atoms with Crippen LogP contribution in [0.1, 0.15) is 0 Å². The van der Waals surface area contributed by atoms with Crippen molar-refractivity contribution in [3.8, 4) is 11.3 Å². The number of nitrogens with zero attached hydrogens (tertiary/aromatic N) is 2. The van der Waals surface area contributed by atoms with Gasteiger partial charge in [-0.25, -0.2) is 9.98 Å². The lowest BCUT2D eigenvalue weighted by molar-refractivity contribution is 0.572. The molecule has 0 atom stereocenters. The summed E-state index contributed by atoms with van der Waals surface area (Å²) < 4.78 is 5.24. The maximum atomic E-state index is 5.79. The number of aliphatic imine (C=N–C) groups is 1. The Hall–Kier alpha value is -2.27. The Labute approximate surface area is 109 Å². The van der Waals surface area contributed by atoms with Crippen LogP contribution in [0.2, 0.25) is 0 Å². The van der Waals surface area contributed by atoms with E-state index in [1.807, 2.05) is 18.2 Å². The van der Waals surface area contributed by atoms with Gasteiger partial charge in [-0.15, -0.1) is 0 Å². The van der Waals surface area contributed by atoms with Crippen LogP contribution in [0.3, 0.4) is 0 Å². The molecule has 0 saturated heterocycles. The van der Waals surface area contributed by atoms with Gasteiger partial charge in [-0.1, -0.05) is 23.7 Å². The van der Waals surface area contributed by atoms with Gasteiger partial charge in [0.1, 0.15) is 5.84 Å². The lowest BCUT2D eigenvalue weighted by Gasteiger charge is -2.03. The van der Waals surface area contributed by atoms with Gasteiger partial charge in [0.2, 0.25) is 0 Å². The number of hydrogen-bond donors (Lipinski definition) is 2. The average molecular weight is 263 g/mol. The molecule has 18 heavy (non-hydrogen) atoms. The smallest absolute Gasteiger partial charge is 0.181 e. The summed E-state index contributed by atoms with van der Waals surface area (Å²) in [5.74, 6) is 0.751. The minimum Gasteiger partial charge on any atom is -0.443 e. The van der Waals surface area contributed by atoms with Crippen LogP contribution in [-0.4, -0.2) is 10.8 Å². The van der Waals surface area contributed by atoms with Crippen molar-refractivity contribution in [3.05, 3.63) is 48.1 Å². The Morgan fingerprint density at radius 2 is 2.17 bits per heavy atom. The monoisotopic (exact) mass is 262 g/mol. The van der Waals surface area contributed by atoms with Gasteiger partial charge in [-0.05, 0) is 12.1 Å². The first-order valence-electron chi connectivity index (χ1n) is 5.12. The fraction of sp³-hybridized carbons (Fsp3) is 0. The number of amidine groups is 1. The summed E-state index contributed by atoms with van der Waals surface area (Å²) in [6.45, 7) is 0. The molecule has 0 amide bonds. The summed E-state index contributed by atoms with van der Waals surface area (Å²) in [6, 6.07) is 7.36. The van der Waals surface area contributed by atoms with Crippen molar-refractivity contribution in [2.24, 2.45) is 16.5 Å². The molecule has 0 unspecified atom stereocenters. The average Bonchev–Trinajstić information content (AvgIpc) is 2.92. The van der Waals surface area contributed by atoms with Crippen LogP contribution >= 0.6 is 11.6 Å². The molecule has 0 spiro atoms. The maximum absolute atomic E-state index is 5.79. The normalized spacial score (nSPS) is 12.7. The van der Waals surface area contributed by atoms with Crippen LogP contribution in [0.15, 0.2) is 57.5 Å². The third-order valence-corrected chi connectivity index (χ3v) is 2.55. The quantitative estimate of drug-likeness (QED) is 0.656. The largest absolute Gasteiger partial charge is 0.443 e. The summed E-state index contributed by atoms with van der Waals surface area (Å²) in [5, 5.41) is 0.197.